The lowest BCUT2D eigenvalue weighted by atomic mass is 9.37. The molecule has 2 amide bonds. The lowest BCUT2D eigenvalue weighted by molar-refractivity contribution is -0.202. The first-order valence-electron chi connectivity index (χ1n) is 17.4. The summed E-state index contributed by atoms with van der Waals surface area (Å²) in [4.78, 5) is 40.4. The molecule has 248 valence electrons. The average molecular weight is 613 g/mol. The minimum absolute atomic E-state index is 0.0808. The number of Topliss-reactive ketones (excluding diaryl/α,β-unsaturated/α-hetero) is 1. The highest BCUT2D eigenvalue weighted by Gasteiger charge is 2.66. The maximum atomic E-state index is 14.0. The number of nitrogens with one attached hydrogen (secondary N) is 2. The Morgan fingerprint density at radius 2 is 1.52 bits per heavy atom. The Labute approximate surface area is 266 Å². The van der Waals surface area contributed by atoms with Crippen molar-refractivity contribution >= 4 is 17.8 Å². The van der Waals surface area contributed by atoms with Crippen molar-refractivity contribution in [2.24, 2.45) is 45.8 Å². The molecule has 4 saturated carbocycles. The van der Waals surface area contributed by atoms with Gasteiger partial charge in [-0.15, -0.1) is 0 Å². The molecular formula is C37H60N2O5. The molecule has 7 heteroatoms. The summed E-state index contributed by atoms with van der Waals surface area (Å²) in [5.74, 6) is 1.78. The average Bonchev–Trinajstić information content (AvgIpc) is 3.16. The summed E-state index contributed by atoms with van der Waals surface area (Å²) in [6.07, 6.45) is 7.56. The lowest BCUT2D eigenvalue weighted by Gasteiger charge is -2.68. The van der Waals surface area contributed by atoms with E-state index in [4.69, 9.17) is 4.74 Å². The second-order valence-corrected chi connectivity index (χ2v) is 18.2. The number of carbonyl (C=O) groups excluding carboxylic acids is 3. The number of fused-ring (bicyclic) bond motifs is 7. The van der Waals surface area contributed by atoms with Crippen LogP contribution >= 0.6 is 0 Å². The van der Waals surface area contributed by atoms with E-state index in [1.807, 2.05) is 0 Å². The molecule has 8 atom stereocenters. The molecule has 0 heterocycles. The molecule has 8 unspecified atom stereocenters. The van der Waals surface area contributed by atoms with Gasteiger partial charge in [0.1, 0.15) is 11.1 Å². The number of ketones is 1. The van der Waals surface area contributed by atoms with Crippen LogP contribution in [0.5, 0.6) is 0 Å². The number of carbonyl (C=O) groups is 3. The van der Waals surface area contributed by atoms with Gasteiger partial charge in [-0.05, 0) is 143 Å². The summed E-state index contributed by atoms with van der Waals surface area (Å²) in [5, 5.41) is 17.2. The summed E-state index contributed by atoms with van der Waals surface area (Å²) in [6.45, 7) is 22.7. The molecule has 0 saturated heterocycles. The summed E-state index contributed by atoms with van der Waals surface area (Å²) in [6, 6.07) is 0. The Balaban J connectivity index is 1.46. The van der Waals surface area contributed by atoms with Crippen molar-refractivity contribution in [2.45, 2.75) is 157 Å². The van der Waals surface area contributed by atoms with Crippen molar-refractivity contribution in [3.8, 4) is 0 Å². The first-order chi connectivity index (χ1) is 20.1. The molecule has 0 spiro atoms. The van der Waals surface area contributed by atoms with Crippen molar-refractivity contribution in [3.63, 3.8) is 0 Å². The molecule has 0 bridgehead atoms. The van der Waals surface area contributed by atoms with E-state index in [0.29, 0.717) is 24.2 Å². The fourth-order valence-electron chi connectivity index (χ4n) is 11.4. The van der Waals surface area contributed by atoms with Crippen molar-refractivity contribution in [1.29, 1.82) is 0 Å². The van der Waals surface area contributed by atoms with E-state index in [2.05, 4.69) is 52.2 Å². The van der Waals surface area contributed by atoms with Gasteiger partial charge in [-0.3, -0.25) is 9.59 Å². The largest absolute Gasteiger partial charge is 0.444 e. The van der Waals surface area contributed by atoms with Crippen molar-refractivity contribution in [1.82, 2.24) is 10.6 Å². The van der Waals surface area contributed by atoms with Crippen LogP contribution in [0.4, 0.5) is 4.79 Å². The molecule has 0 aromatic rings. The summed E-state index contributed by atoms with van der Waals surface area (Å²) < 4.78 is 5.45. The summed E-state index contributed by atoms with van der Waals surface area (Å²) in [5.41, 5.74) is -0.194. The van der Waals surface area contributed by atoms with Crippen LogP contribution in [0.2, 0.25) is 0 Å². The zero-order chi connectivity index (χ0) is 32.8. The van der Waals surface area contributed by atoms with Gasteiger partial charge in [0, 0.05) is 6.42 Å². The summed E-state index contributed by atoms with van der Waals surface area (Å²) >= 11 is 0. The van der Waals surface area contributed by atoms with Crippen molar-refractivity contribution in [3.05, 3.63) is 11.1 Å². The van der Waals surface area contributed by atoms with E-state index >= 15 is 0 Å². The molecule has 0 radical (unpaired) electrons. The van der Waals surface area contributed by atoms with Gasteiger partial charge in [-0.1, -0.05) is 41.5 Å². The first kappa shape index (κ1) is 33.5. The molecule has 5 aliphatic rings. The number of alkyl carbamates (subject to hydrolysis) is 1. The molecule has 0 aliphatic heterocycles. The van der Waals surface area contributed by atoms with Crippen LogP contribution in [-0.2, 0) is 14.3 Å². The predicted octanol–water partition coefficient (Wildman–Crippen LogP) is 7.11. The zero-order valence-electron chi connectivity index (χ0n) is 29.4. The van der Waals surface area contributed by atoms with Crippen LogP contribution in [0, 0.1) is 45.8 Å². The van der Waals surface area contributed by atoms with E-state index in [0.717, 1.165) is 56.9 Å². The SMILES string of the molecule is CC(C)C1=C2C3CCC4C(C)(CCC5C(C)(C)C(O)CCC54C)C3CCC2(NC(=O)C(C)(C)NC(=O)OC(C)(C)C)CC1=O. The van der Waals surface area contributed by atoms with Gasteiger partial charge in [0.05, 0.1) is 11.6 Å². The van der Waals surface area contributed by atoms with Crippen LogP contribution in [0.15, 0.2) is 11.1 Å². The quantitative estimate of drug-likeness (QED) is 0.314. The molecule has 44 heavy (non-hydrogen) atoms. The lowest BCUT2D eigenvalue weighted by Crippen LogP contribution is -2.65. The van der Waals surface area contributed by atoms with Gasteiger partial charge < -0.3 is 20.5 Å². The number of amides is 2. The number of allylic oxidation sites excluding steroid dienone is 1. The molecule has 5 rings (SSSR count). The Kier molecular flexibility index (Phi) is 8.04. The first-order valence-corrected chi connectivity index (χ1v) is 17.4. The van der Waals surface area contributed by atoms with Gasteiger partial charge >= 0.3 is 6.09 Å². The van der Waals surface area contributed by atoms with Crippen molar-refractivity contribution < 1.29 is 24.2 Å². The van der Waals surface area contributed by atoms with Gasteiger partial charge in [-0.25, -0.2) is 4.79 Å². The Morgan fingerprint density at radius 1 is 0.886 bits per heavy atom. The molecule has 7 nitrogen and oxygen atoms in total. The monoisotopic (exact) mass is 612 g/mol. The third kappa shape index (κ3) is 5.15. The fourth-order valence-corrected chi connectivity index (χ4v) is 11.4. The van der Waals surface area contributed by atoms with Gasteiger partial charge in [0.2, 0.25) is 5.91 Å². The Morgan fingerprint density at radius 3 is 2.14 bits per heavy atom. The third-order valence-electron chi connectivity index (χ3n) is 13.3. The molecule has 0 aromatic carbocycles. The minimum Gasteiger partial charge on any atom is -0.444 e. The van der Waals surface area contributed by atoms with E-state index in [1.165, 1.54) is 5.57 Å². The fraction of sp³-hybridized carbons (Fsp3) is 0.865. The van der Waals surface area contributed by atoms with Crippen molar-refractivity contribution in [2.75, 3.05) is 0 Å². The topological polar surface area (TPSA) is 105 Å². The number of rotatable bonds is 4. The second-order valence-electron chi connectivity index (χ2n) is 18.2. The van der Waals surface area contributed by atoms with Gasteiger partial charge in [0.25, 0.3) is 0 Å². The minimum atomic E-state index is -1.21. The Bertz CT molecular complexity index is 1240. The van der Waals surface area contributed by atoms with Crippen LogP contribution in [-0.4, -0.2) is 45.7 Å². The van der Waals surface area contributed by atoms with Crippen LogP contribution in [0.1, 0.15) is 134 Å². The highest BCUT2D eigenvalue weighted by molar-refractivity contribution is 6.02. The normalized spacial score (nSPS) is 40.0. The predicted molar refractivity (Wildman–Crippen MR) is 173 cm³/mol. The number of aliphatic hydroxyl groups excluding tert-OH is 1. The number of ether oxygens (including phenoxy) is 1. The number of hydrogen-bond acceptors (Lipinski definition) is 5. The van der Waals surface area contributed by atoms with Crippen LogP contribution < -0.4 is 10.6 Å². The summed E-state index contributed by atoms with van der Waals surface area (Å²) in [7, 11) is 0. The van der Waals surface area contributed by atoms with E-state index in [9.17, 15) is 19.5 Å². The molecule has 4 fully saturated rings. The molecule has 0 aromatic heterocycles. The van der Waals surface area contributed by atoms with Gasteiger partial charge in [-0.2, -0.15) is 0 Å². The van der Waals surface area contributed by atoms with Gasteiger partial charge in [0.15, 0.2) is 5.78 Å². The maximum absolute atomic E-state index is 14.0. The van der Waals surface area contributed by atoms with Crippen LogP contribution in [0.25, 0.3) is 0 Å². The standard InChI is InChI=1S/C37H60N2O5/c1-21(2)28-24(40)20-37(38-30(42)34(8,9)39-31(43)44-32(3,4)5)19-14-23-22(29(28)37)12-13-26-35(23,10)17-15-25-33(6,7)27(41)16-18-36(25,26)11/h21-23,25-27,41H,12-20H2,1-11H3,(H,38,42)(H,39,43). The van der Waals surface area contributed by atoms with E-state index in [1.54, 1.807) is 34.6 Å². The highest BCUT2D eigenvalue weighted by Crippen LogP contribution is 2.72. The van der Waals surface area contributed by atoms with E-state index in [-0.39, 0.29) is 45.9 Å². The van der Waals surface area contributed by atoms with Crippen LogP contribution in [0.3, 0.4) is 0 Å². The smallest absolute Gasteiger partial charge is 0.408 e. The highest BCUT2D eigenvalue weighted by atomic mass is 16.6. The Hall–Kier alpha value is -1.89. The second kappa shape index (κ2) is 10.6. The van der Waals surface area contributed by atoms with E-state index < -0.39 is 22.8 Å². The molecule has 3 N–H and O–H groups in total. The third-order valence-corrected chi connectivity index (χ3v) is 13.3. The zero-order valence-corrected chi connectivity index (χ0v) is 29.4. The number of hydrogen-bond donors (Lipinski definition) is 3. The molecular weight excluding hydrogens is 552 g/mol. The number of aliphatic hydroxyl groups is 1. The molecule has 5 aliphatic carbocycles. The maximum Gasteiger partial charge on any atom is 0.408 e.